The van der Waals surface area contributed by atoms with Gasteiger partial charge < -0.3 is 9.47 Å². The molecular formula is C26H21ClN2O4S. The first-order chi connectivity index (χ1) is 16.5. The van der Waals surface area contributed by atoms with Gasteiger partial charge in [-0.3, -0.25) is 4.79 Å². The third-order valence-corrected chi connectivity index (χ3v) is 6.45. The molecule has 1 amide bonds. The lowest BCUT2D eigenvalue weighted by Gasteiger charge is -2.07. The van der Waals surface area contributed by atoms with Gasteiger partial charge in [0.2, 0.25) is 0 Å². The van der Waals surface area contributed by atoms with Crippen molar-refractivity contribution in [2.24, 2.45) is 5.10 Å². The van der Waals surface area contributed by atoms with Crippen LogP contribution in [0.2, 0.25) is 5.02 Å². The molecule has 1 heterocycles. The summed E-state index contributed by atoms with van der Waals surface area (Å²) >= 11 is 7.64. The highest BCUT2D eigenvalue weighted by Crippen LogP contribution is 2.34. The van der Waals surface area contributed by atoms with Crippen LogP contribution in [0, 0.1) is 0 Å². The van der Waals surface area contributed by atoms with E-state index in [-0.39, 0.29) is 5.91 Å². The first kappa shape index (κ1) is 23.5. The minimum absolute atomic E-state index is 0.376. The fourth-order valence-electron chi connectivity index (χ4n) is 3.07. The summed E-state index contributed by atoms with van der Waals surface area (Å²) in [5.41, 5.74) is 3.65. The molecule has 0 saturated carbocycles. The summed E-state index contributed by atoms with van der Waals surface area (Å²) < 4.78 is 11.9. The molecule has 172 valence electrons. The van der Waals surface area contributed by atoms with Crippen LogP contribution in [0.3, 0.4) is 0 Å². The highest BCUT2D eigenvalue weighted by molar-refractivity contribution is 7.21. The first-order valence-corrected chi connectivity index (χ1v) is 11.8. The molecule has 1 N–H and O–H groups in total. The van der Waals surface area contributed by atoms with E-state index in [1.807, 2.05) is 31.2 Å². The largest absolute Gasteiger partial charge is 0.494 e. The van der Waals surface area contributed by atoms with E-state index in [1.54, 1.807) is 48.5 Å². The molecule has 0 atom stereocenters. The summed E-state index contributed by atoms with van der Waals surface area (Å²) in [5.74, 6) is 0.272. The van der Waals surface area contributed by atoms with E-state index in [1.165, 1.54) is 17.6 Å². The topological polar surface area (TPSA) is 77.0 Å². The lowest BCUT2D eigenvalue weighted by atomic mass is 10.2. The molecule has 0 saturated heterocycles. The Morgan fingerprint density at radius 1 is 1.00 bits per heavy atom. The summed E-state index contributed by atoms with van der Waals surface area (Å²) in [7, 11) is 0. The Kier molecular flexibility index (Phi) is 7.57. The predicted molar refractivity (Wildman–Crippen MR) is 136 cm³/mol. The number of amides is 1. The van der Waals surface area contributed by atoms with E-state index in [2.05, 4.69) is 10.5 Å². The van der Waals surface area contributed by atoms with Crippen molar-refractivity contribution in [3.8, 4) is 11.5 Å². The van der Waals surface area contributed by atoms with Gasteiger partial charge in [-0.15, -0.1) is 11.3 Å². The second-order valence-corrected chi connectivity index (χ2v) is 8.70. The van der Waals surface area contributed by atoms with Crippen LogP contribution in [0.1, 0.15) is 38.9 Å². The van der Waals surface area contributed by atoms with Crippen molar-refractivity contribution in [1.82, 2.24) is 5.43 Å². The molecule has 0 spiro atoms. The van der Waals surface area contributed by atoms with Crippen LogP contribution in [0.15, 0.2) is 77.9 Å². The van der Waals surface area contributed by atoms with Crippen LogP contribution in [0.25, 0.3) is 10.1 Å². The summed E-state index contributed by atoms with van der Waals surface area (Å²) in [4.78, 5) is 25.2. The predicted octanol–water partition coefficient (Wildman–Crippen LogP) is 6.33. The van der Waals surface area contributed by atoms with Crippen molar-refractivity contribution in [1.29, 1.82) is 0 Å². The SMILES string of the molecule is CCCOc1ccc(C(=O)Oc2ccc(/C=N/NC(=O)c3sc4ccccc4c3Cl)cc2)cc1. The van der Waals surface area contributed by atoms with Gasteiger partial charge >= 0.3 is 5.97 Å². The molecule has 1 aromatic heterocycles. The molecule has 0 radical (unpaired) electrons. The Balaban J connectivity index is 1.32. The van der Waals surface area contributed by atoms with E-state index < -0.39 is 5.97 Å². The maximum absolute atomic E-state index is 12.4. The number of hydrazone groups is 1. The fraction of sp³-hybridized carbons (Fsp3) is 0.115. The smallest absolute Gasteiger partial charge is 0.343 e. The van der Waals surface area contributed by atoms with Crippen molar-refractivity contribution in [2.45, 2.75) is 13.3 Å². The Hall–Kier alpha value is -3.68. The number of benzene rings is 3. The van der Waals surface area contributed by atoms with E-state index in [9.17, 15) is 9.59 Å². The van der Waals surface area contributed by atoms with Gasteiger partial charge in [0, 0.05) is 10.1 Å². The summed E-state index contributed by atoms with van der Waals surface area (Å²) in [6.45, 7) is 2.66. The molecule has 0 unspecified atom stereocenters. The Morgan fingerprint density at radius 3 is 2.41 bits per heavy atom. The first-order valence-electron chi connectivity index (χ1n) is 10.6. The van der Waals surface area contributed by atoms with E-state index in [0.717, 1.165) is 22.1 Å². The Labute approximate surface area is 205 Å². The number of rotatable bonds is 8. The van der Waals surface area contributed by atoms with Crippen LogP contribution >= 0.6 is 22.9 Å². The summed E-state index contributed by atoms with van der Waals surface area (Å²) in [6, 6.07) is 21.1. The number of ether oxygens (including phenoxy) is 2. The van der Waals surface area contributed by atoms with Crippen molar-refractivity contribution in [3.63, 3.8) is 0 Å². The lowest BCUT2D eigenvalue weighted by Crippen LogP contribution is -2.16. The zero-order valence-corrected chi connectivity index (χ0v) is 19.9. The normalized spacial score (nSPS) is 11.0. The van der Waals surface area contributed by atoms with Crippen molar-refractivity contribution < 1.29 is 19.1 Å². The standard InChI is InChI=1S/C26H21ClN2O4S/c1-2-15-32-19-13-9-18(10-14-19)26(31)33-20-11-7-17(8-12-20)16-28-29-25(30)24-23(27)21-5-3-4-6-22(21)34-24/h3-14,16H,2,15H2,1H3,(H,29,30)/b28-16+. The van der Waals surface area contributed by atoms with Gasteiger partial charge in [0.05, 0.1) is 23.4 Å². The molecule has 8 heteroatoms. The maximum Gasteiger partial charge on any atom is 0.343 e. The molecule has 0 aliphatic rings. The Bertz CT molecular complexity index is 1330. The van der Waals surface area contributed by atoms with E-state index in [0.29, 0.717) is 33.6 Å². The lowest BCUT2D eigenvalue weighted by molar-refractivity contribution is 0.0734. The van der Waals surface area contributed by atoms with Crippen molar-refractivity contribution in [2.75, 3.05) is 6.61 Å². The highest BCUT2D eigenvalue weighted by Gasteiger charge is 2.16. The molecule has 34 heavy (non-hydrogen) atoms. The van der Waals surface area contributed by atoms with Crippen LogP contribution < -0.4 is 14.9 Å². The van der Waals surface area contributed by atoms with Crippen molar-refractivity contribution >= 4 is 51.1 Å². The van der Waals surface area contributed by atoms with E-state index >= 15 is 0 Å². The number of esters is 1. The third-order valence-electron chi connectivity index (χ3n) is 4.77. The van der Waals surface area contributed by atoms with Gasteiger partial charge in [0.15, 0.2) is 0 Å². The summed E-state index contributed by atoms with van der Waals surface area (Å²) in [6.07, 6.45) is 2.41. The zero-order valence-electron chi connectivity index (χ0n) is 18.3. The third kappa shape index (κ3) is 5.62. The average molecular weight is 493 g/mol. The number of fused-ring (bicyclic) bond motifs is 1. The zero-order chi connectivity index (χ0) is 23.9. The van der Waals surface area contributed by atoms with Crippen LogP contribution in [0.5, 0.6) is 11.5 Å². The molecule has 0 fully saturated rings. The van der Waals surface area contributed by atoms with E-state index in [4.69, 9.17) is 21.1 Å². The molecule has 0 aliphatic heterocycles. The number of hydrogen-bond donors (Lipinski definition) is 1. The minimum Gasteiger partial charge on any atom is -0.494 e. The van der Waals surface area contributed by atoms with Crippen molar-refractivity contribution in [3.05, 3.63) is 93.8 Å². The number of nitrogens with zero attached hydrogens (tertiary/aromatic N) is 1. The van der Waals surface area contributed by atoms with Crippen LogP contribution in [0.4, 0.5) is 0 Å². The maximum atomic E-state index is 12.4. The molecular weight excluding hydrogens is 472 g/mol. The minimum atomic E-state index is -0.462. The average Bonchev–Trinajstić information content (AvgIpc) is 3.20. The second kappa shape index (κ2) is 11.0. The van der Waals surface area contributed by atoms with Gasteiger partial charge in [-0.2, -0.15) is 5.10 Å². The number of halogens is 1. The monoisotopic (exact) mass is 492 g/mol. The number of hydrogen-bond acceptors (Lipinski definition) is 6. The molecule has 0 bridgehead atoms. The molecule has 6 nitrogen and oxygen atoms in total. The van der Waals surface area contributed by atoms with Gasteiger partial charge in [-0.05, 0) is 66.6 Å². The summed E-state index contributed by atoms with van der Waals surface area (Å²) in [5, 5.41) is 5.26. The molecule has 4 aromatic rings. The number of carbonyl (C=O) groups is 2. The molecule has 0 aliphatic carbocycles. The highest BCUT2D eigenvalue weighted by atomic mass is 35.5. The number of carbonyl (C=O) groups excluding carboxylic acids is 2. The van der Waals surface area contributed by atoms with Gasteiger partial charge in [-0.25, -0.2) is 10.2 Å². The number of thiophene rings is 1. The van der Waals surface area contributed by atoms with Gasteiger partial charge in [0.25, 0.3) is 5.91 Å². The quantitative estimate of drug-likeness (QED) is 0.135. The Morgan fingerprint density at radius 2 is 1.71 bits per heavy atom. The van der Waals surface area contributed by atoms with Crippen LogP contribution in [-0.4, -0.2) is 24.7 Å². The fourth-order valence-corrected chi connectivity index (χ4v) is 4.48. The second-order valence-electron chi connectivity index (χ2n) is 7.27. The van der Waals surface area contributed by atoms with Crippen LogP contribution in [-0.2, 0) is 0 Å². The number of nitrogens with one attached hydrogen (secondary N) is 1. The molecule has 4 rings (SSSR count). The molecule has 3 aromatic carbocycles. The van der Waals surface area contributed by atoms with Gasteiger partial charge in [-0.1, -0.05) is 36.7 Å². The van der Waals surface area contributed by atoms with Gasteiger partial charge in [0.1, 0.15) is 16.4 Å².